The van der Waals surface area contributed by atoms with Crippen molar-refractivity contribution in [3.05, 3.63) is 39.9 Å². The van der Waals surface area contributed by atoms with Crippen molar-refractivity contribution in [3.8, 4) is 0 Å². The van der Waals surface area contributed by atoms with Crippen LogP contribution in [0.2, 0.25) is 0 Å². The quantitative estimate of drug-likeness (QED) is 0.331. The largest absolute Gasteiger partial charge is 0.466 e. The predicted molar refractivity (Wildman–Crippen MR) is 58.7 cm³/mol. The summed E-state index contributed by atoms with van der Waals surface area (Å²) in [5.74, 6) is -0.554. The lowest BCUT2D eigenvalue weighted by atomic mass is 10.2. The van der Waals surface area contributed by atoms with Gasteiger partial charge in [0.2, 0.25) is 6.61 Å². The second-order valence-corrected chi connectivity index (χ2v) is 2.94. The minimum Gasteiger partial charge on any atom is -0.466 e. The standard InChI is InChI=1S/C10H10N2O5/c1-16-10(13)7-17-11-6-8-3-2-4-9(5-8)12(14)15/h2-6H,7H2,1H3. The Kier molecular flexibility index (Phi) is 4.61. The summed E-state index contributed by atoms with van der Waals surface area (Å²) in [4.78, 5) is 25.2. The van der Waals surface area contributed by atoms with Crippen LogP contribution in [-0.4, -0.2) is 30.8 Å². The second-order valence-electron chi connectivity index (χ2n) is 2.94. The molecular formula is C10H10N2O5. The monoisotopic (exact) mass is 238 g/mol. The van der Waals surface area contributed by atoms with Crippen LogP contribution in [0, 0.1) is 10.1 Å². The number of esters is 1. The first-order valence-corrected chi connectivity index (χ1v) is 4.60. The van der Waals surface area contributed by atoms with E-state index < -0.39 is 10.9 Å². The van der Waals surface area contributed by atoms with Gasteiger partial charge in [-0.25, -0.2) is 4.79 Å². The number of carbonyl (C=O) groups is 1. The highest BCUT2D eigenvalue weighted by molar-refractivity contribution is 5.80. The van der Waals surface area contributed by atoms with Crippen molar-refractivity contribution < 1.29 is 19.3 Å². The summed E-state index contributed by atoms with van der Waals surface area (Å²) in [5.41, 5.74) is 0.464. The molecule has 0 aliphatic rings. The van der Waals surface area contributed by atoms with E-state index in [9.17, 15) is 14.9 Å². The van der Waals surface area contributed by atoms with Gasteiger partial charge >= 0.3 is 5.97 Å². The van der Waals surface area contributed by atoms with Gasteiger partial charge < -0.3 is 9.57 Å². The number of hydrogen-bond donors (Lipinski definition) is 0. The summed E-state index contributed by atoms with van der Waals surface area (Å²) in [6, 6.07) is 5.86. The van der Waals surface area contributed by atoms with Crippen LogP contribution in [0.3, 0.4) is 0 Å². The fraction of sp³-hybridized carbons (Fsp3) is 0.200. The maximum atomic E-state index is 10.7. The zero-order chi connectivity index (χ0) is 12.7. The minimum absolute atomic E-state index is 0.0399. The van der Waals surface area contributed by atoms with Crippen LogP contribution in [0.5, 0.6) is 0 Å². The van der Waals surface area contributed by atoms with Crippen LogP contribution in [0.4, 0.5) is 5.69 Å². The van der Waals surface area contributed by atoms with Crippen LogP contribution in [0.1, 0.15) is 5.56 Å². The van der Waals surface area contributed by atoms with E-state index in [1.54, 1.807) is 6.07 Å². The molecule has 1 rings (SSSR count). The van der Waals surface area contributed by atoms with Crippen molar-refractivity contribution in [3.63, 3.8) is 0 Å². The molecule has 0 radical (unpaired) electrons. The van der Waals surface area contributed by atoms with Crippen LogP contribution in [-0.2, 0) is 14.4 Å². The Balaban J connectivity index is 2.56. The lowest BCUT2D eigenvalue weighted by Gasteiger charge is -1.97. The maximum Gasteiger partial charge on any atom is 0.346 e. The summed E-state index contributed by atoms with van der Waals surface area (Å²) < 4.78 is 4.33. The first-order chi connectivity index (χ1) is 8.13. The molecule has 0 N–H and O–H groups in total. The number of benzene rings is 1. The number of rotatable bonds is 5. The Morgan fingerprint density at radius 1 is 1.59 bits per heavy atom. The zero-order valence-corrected chi connectivity index (χ0v) is 9.03. The van der Waals surface area contributed by atoms with E-state index in [1.165, 1.54) is 31.5 Å². The number of methoxy groups -OCH3 is 1. The van der Waals surface area contributed by atoms with Gasteiger partial charge in [-0.3, -0.25) is 10.1 Å². The topological polar surface area (TPSA) is 91.0 Å². The third-order valence-electron chi connectivity index (χ3n) is 1.77. The number of non-ortho nitro benzene ring substituents is 1. The molecule has 7 nitrogen and oxygen atoms in total. The molecule has 1 aromatic rings. The maximum absolute atomic E-state index is 10.7. The summed E-state index contributed by atoms with van der Waals surface area (Å²) in [7, 11) is 1.23. The van der Waals surface area contributed by atoms with Crippen LogP contribution in [0.15, 0.2) is 29.4 Å². The van der Waals surface area contributed by atoms with E-state index in [0.29, 0.717) is 5.56 Å². The van der Waals surface area contributed by atoms with E-state index in [1.807, 2.05) is 0 Å². The molecule has 0 unspecified atom stereocenters. The lowest BCUT2D eigenvalue weighted by Crippen LogP contribution is -2.07. The molecule has 1 aromatic carbocycles. The van der Waals surface area contributed by atoms with Crippen LogP contribution < -0.4 is 0 Å². The van der Waals surface area contributed by atoms with Crippen LogP contribution >= 0.6 is 0 Å². The Morgan fingerprint density at radius 2 is 2.35 bits per heavy atom. The van der Waals surface area contributed by atoms with Gasteiger partial charge in [0.1, 0.15) is 0 Å². The Labute approximate surface area is 96.8 Å². The van der Waals surface area contributed by atoms with Crippen molar-refractivity contribution in [2.45, 2.75) is 0 Å². The third kappa shape index (κ3) is 4.29. The molecule has 0 saturated heterocycles. The van der Waals surface area contributed by atoms with Crippen molar-refractivity contribution in [1.82, 2.24) is 0 Å². The van der Waals surface area contributed by atoms with Gasteiger partial charge in [0.05, 0.1) is 18.2 Å². The number of ether oxygens (including phenoxy) is 1. The highest BCUT2D eigenvalue weighted by atomic mass is 16.6. The molecule has 90 valence electrons. The Hall–Kier alpha value is -2.44. The Bertz CT molecular complexity index is 444. The summed E-state index contributed by atoms with van der Waals surface area (Å²) >= 11 is 0. The summed E-state index contributed by atoms with van der Waals surface area (Å²) in [6.45, 7) is -0.304. The van der Waals surface area contributed by atoms with Gasteiger partial charge in [-0.05, 0) is 0 Å². The normalized spacial score (nSPS) is 10.2. The van der Waals surface area contributed by atoms with Gasteiger partial charge in [-0.2, -0.15) is 0 Å². The minimum atomic E-state index is -0.554. The summed E-state index contributed by atoms with van der Waals surface area (Å²) in [5, 5.41) is 14.0. The number of oxime groups is 1. The average Bonchev–Trinajstić information content (AvgIpc) is 2.34. The molecule has 7 heteroatoms. The van der Waals surface area contributed by atoms with Gasteiger partial charge in [0, 0.05) is 17.7 Å². The fourth-order valence-electron chi connectivity index (χ4n) is 0.966. The highest BCUT2D eigenvalue weighted by Gasteiger charge is 2.04. The van der Waals surface area contributed by atoms with E-state index in [0.717, 1.165) is 0 Å². The van der Waals surface area contributed by atoms with Crippen molar-refractivity contribution in [1.29, 1.82) is 0 Å². The molecule has 0 bridgehead atoms. The SMILES string of the molecule is COC(=O)CON=Cc1cccc([N+](=O)[O-])c1. The smallest absolute Gasteiger partial charge is 0.346 e. The highest BCUT2D eigenvalue weighted by Crippen LogP contribution is 2.11. The molecule has 0 aliphatic carbocycles. The molecule has 17 heavy (non-hydrogen) atoms. The van der Waals surface area contributed by atoms with E-state index >= 15 is 0 Å². The first-order valence-electron chi connectivity index (χ1n) is 4.60. The molecule has 0 aliphatic heterocycles. The summed E-state index contributed by atoms with van der Waals surface area (Å²) in [6.07, 6.45) is 1.27. The van der Waals surface area contributed by atoms with Crippen molar-refractivity contribution in [2.75, 3.05) is 13.7 Å². The van der Waals surface area contributed by atoms with Crippen molar-refractivity contribution >= 4 is 17.9 Å². The third-order valence-corrected chi connectivity index (χ3v) is 1.77. The second kappa shape index (κ2) is 6.21. The molecule has 0 amide bonds. The molecule has 0 saturated carbocycles. The van der Waals surface area contributed by atoms with Gasteiger partial charge in [-0.1, -0.05) is 17.3 Å². The van der Waals surface area contributed by atoms with E-state index in [4.69, 9.17) is 0 Å². The molecule has 0 atom stereocenters. The van der Waals surface area contributed by atoms with E-state index in [2.05, 4.69) is 14.7 Å². The molecular weight excluding hydrogens is 228 g/mol. The predicted octanol–water partition coefficient (Wildman–Crippen LogP) is 1.12. The Morgan fingerprint density at radius 3 is 3.00 bits per heavy atom. The first kappa shape index (κ1) is 12.6. The van der Waals surface area contributed by atoms with Gasteiger partial charge in [0.15, 0.2) is 0 Å². The molecule has 0 heterocycles. The average molecular weight is 238 g/mol. The lowest BCUT2D eigenvalue weighted by molar-refractivity contribution is -0.384. The molecule has 0 spiro atoms. The molecule has 0 fully saturated rings. The van der Waals surface area contributed by atoms with Gasteiger partial charge in [-0.15, -0.1) is 0 Å². The number of carbonyl (C=O) groups excluding carboxylic acids is 1. The number of nitro groups is 1. The van der Waals surface area contributed by atoms with E-state index in [-0.39, 0.29) is 12.3 Å². The van der Waals surface area contributed by atoms with Gasteiger partial charge in [0.25, 0.3) is 5.69 Å². The number of hydrogen-bond acceptors (Lipinski definition) is 6. The number of nitro benzene ring substituents is 1. The van der Waals surface area contributed by atoms with Crippen LogP contribution in [0.25, 0.3) is 0 Å². The zero-order valence-electron chi connectivity index (χ0n) is 9.03. The van der Waals surface area contributed by atoms with Crippen molar-refractivity contribution in [2.24, 2.45) is 5.16 Å². The number of nitrogens with zero attached hydrogens (tertiary/aromatic N) is 2. The fourth-order valence-corrected chi connectivity index (χ4v) is 0.966. The molecule has 0 aromatic heterocycles.